The maximum absolute atomic E-state index is 12.2. The van der Waals surface area contributed by atoms with E-state index < -0.39 is 11.7 Å². The summed E-state index contributed by atoms with van der Waals surface area (Å²) in [6, 6.07) is 3.17. The van der Waals surface area contributed by atoms with Gasteiger partial charge in [-0.15, -0.1) is 0 Å². The van der Waals surface area contributed by atoms with Crippen LogP contribution in [0.5, 0.6) is 0 Å². The van der Waals surface area contributed by atoms with Crippen LogP contribution < -0.4 is 11.1 Å². The van der Waals surface area contributed by atoms with Crippen molar-refractivity contribution >= 4 is 11.4 Å². The van der Waals surface area contributed by atoms with Crippen molar-refractivity contribution < 1.29 is 13.2 Å². The molecule has 1 aromatic rings. The first-order chi connectivity index (χ1) is 5.95. The van der Waals surface area contributed by atoms with E-state index in [0.29, 0.717) is 5.69 Å². The first kappa shape index (κ1) is 9.70. The van der Waals surface area contributed by atoms with Gasteiger partial charge in [0.25, 0.3) is 0 Å². The van der Waals surface area contributed by atoms with Gasteiger partial charge >= 0.3 is 6.18 Å². The summed E-state index contributed by atoms with van der Waals surface area (Å²) >= 11 is 0. The van der Waals surface area contributed by atoms with Crippen molar-refractivity contribution in [1.82, 2.24) is 0 Å². The van der Waals surface area contributed by atoms with Crippen LogP contribution in [0.25, 0.3) is 0 Å². The summed E-state index contributed by atoms with van der Waals surface area (Å²) in [6.45, 7) is 0. The first-order valence-electron chi connectivity index (χ1n) is 3.59. The Kier molecular flexibility index (Phi) is 2.36. The Labute approximate surface area is 73.5 Å². The zero-order valence-electron chi connectivity index (χ0n) is 6.94. The molecule has 3 N–H and O–H groups in total. The highest BCUT2D eigenvalue weighted by atomic mass is 19.4. The molecule has 0 aliphatic heterocycles. The minimum atomic E-state index is -4.32. The summed E-state index contributed by atoms with van der Waals surface area (Å²) < 4.78 is 36.5. The van der Waals surface area contributed by atoms with Gasteiger partial charge < -0.3 is 11.1 Å². The molecule has 5 heteroatoms. The van der Waals surface area contributed by atoms with Gasteiger partial charge in [0.1, 0.15) is 0 Å². The van der Waals surface area contributed by atoms with E-state index in [9.17, 15) is 13.2 Å². The second kappa shape index (κ2) is 3.16. The summed E-state index contributed by atoms with van der Waals surface area (Å²) in [4.78, 5) is 0. The SMILES string of the molecule is CNc1cc(C(F)(F)F)ccc1N. The highest BCUT2D eigenvalue weighted by Crippen LogP contribution is 2.32. The van der Waals surface area contributed by atoms with Crippen LogP contribution in [0.15, 0.2) is 18.2 Å². The van der Waals surface area contributed by atoms with Crippen molar-refractivity contribution in [2.24, 2.45) is 0 Å². The lowest BCUT2D eigenvalue weighted by atomic mass is 10.1. The molecule has 0 bridgehead atoms. The lowest BCUT2D eigenvalue weighted by Gasteiger charge is -2.10. The average Bonchev–Trinajstić information content (AvgIpc) is 2.03. The number of nitrogens with two attached hydrogens (primary N) is 1. The second-order valence-corrected chi connectivity index (χ2v) is 2.55. The molecule has 2 nitrogen and oxygen atoms in total. The molecule has 0 radical (unpaired) electrons. The standard InChI is InChI=1S/C8H9F3N2/c1-13-7-4-5(8(9,10)11)2-3-6(7)12/h2-4,13H,12H2,1H3. The summed E-state index contributed by atoms with van der Waals surface area (Å²) in [7, 11) is 1.52. The van der Waals surface area contributed by atoms with E-state index in [-0.39, 0.29) is 5.69 Å². The number of anilines is 2. The Balaban J connectivity index is 3.14. The van der Waals surface area contributed by atoms with Gasteiger partial charge in [-0.2, -0.15) is 13.2 Å². The number of benzene rings is 1. The molecule has 0 saturated heterocycles. The fourth-order valence-electron chi connectivity index (χ4n) is 0.949. The van der Waals surface area contributed by atoms with Crippen LogP contribution in [0.3, 0.4) is 0 Å². The van der Waals surface area contributed by atoms with Gasteiger partial charge in [0, 0.05) is 7.05 Å². The lowest BCUT2D eigenvalue weighted by molar-refractivity contribution is -0.137. The van der Waals surface area contributed by atoms with Crippen LogP contribution >= 0.6 is 0 Å². The molecule has 0 saturated carbocycles. The Morgan fingerprint density at radius 1 is 1.31 bits per heavy atom. The van der Waals surface area contributed by atoms with Crippen molar-refractivity contribution in [3.63, 3.8) is 0 Å². The van der Waals surface area contributed by atoms with Gasteiger partial charge in [0.2, 0.25) is 0 Å². The number of halogens is 3. The van der Waals surface area contributed by atoms with Crippen LogP contribution in [-0.2, 0) is 6.18 Å². The third kappa shape index (κ3) is 2.05. The zero-order valence-corrected chi connectivity index (χ0v) is 6.94. The third-order valence-electron chi connectivity index (χ3n) is 1.65. The first-order valence-corrected chi connectivity index (χ1v) is 3.59. The van der Waals surface area contributed by atoms with E-state index in [1.165, 1.54) is 13.1 Å². The van der Waals surface area contributed by atoms with Crippen LogP contribution in [0.4, 0.5) is 24.5 Å². The van der Waals surface area contributed by atoms with Crippen molar-refractivity contribution in [2.75, 3.05) is 18.1 Å². The van der Waals surface area contributed by atoms with Crippen LogP contribution in [0, 0.1) is 0 Å². The van der Waals surface area contributed by atoms with Crippen LogP contribution in [0.2, 0.25) is 0 Å². The molecule has 0 aliphatic carbocycles. The van der Waals surface area contributed by atoms with Gasteiger partial charge in [-0.05, 0) is 18.2 Å². The maximum atomic E-state index is 12.2. The van der Waals surface area contributed by atoms with Gasteiger partial charge in [-0.3, -0.25) is 0 Å². The molecular weight excluding hydrogens is 181 g/mol. The number of rotatable bonds is 1. The van der Waals surface area contributed by atoms with Gasteiger partial charge in [0.15, 0.2) is 0 Å². The maximum Gasteiger partial charge on any atom is 0.416 e. The van der Waals surface area contributed by atoms with E-state index in [4.69, 9.17) is 5.73 Å². The quantitative estimate of drug-likeness (QED) is 0.667. The highest BCUT2D eigenvalue weighted by molar-refractivity contribution is 5.66. The predicted molar refractivity (Wildman–Crippen MR) is 45.4 cm³/mol. The van der Waals surface area contributed by atoms with E-state index in [0.717, 1.165) is 12.1 Å². The van der Waals surface area contributed by atoms with Crippen molar-refractivity contribution in [1.29, 1.82) is 0 Å². The summed E-state index contributed by atoms with van der Waals surface area (Å²) in [6.07, 6.45) is -4.32. The largest absolute Gasteiger partial charge is 0.416 e. The van der Waals surface area contributed by atoms with Gasteiger partial charge in [-0.1, -0.05) is 0 Å². The number of alkyl halides is 3. The molecule has 13 heavy (non-hydrogen) atoms. The van der Waals surface area contributed by atoms with E-state index in [2.05, 4.69) is 5.32 Å². The molecule has 72 valence electrons. The fourth-order valence-corrected chi connectivity index (χ4v) is 0.949. The smallest absolute Gasteiger partial charge is 0.397 e. The molecular formula is C8H9F3N2. The third-order valence-corrected chi connectivity index (χ3v) is 1.65. The van der Waals surface area contributed by atoms with Crippen molar-refractivity contribution in [3.8, 4) is 0 Å². The molecule has 0 aliphatic rings. The normalized spacial score (nSPS) is 11.4. The zero-order chi connectivity index (χ0) is 10.1. The minimum absolute atomic E-state index is 0.287. The fraction of sp³-hybridized carbons (Fsp3) is 0.250. The monoisotopic (exact) mass is 190 g/mol. The van der Waals surface area contributed by atoms with Crippen LogP contribution in [-0.4, -0.2) is 7.05 Å². The second-order valence-electron chi connectivity index (χ2n) is 2.55. The highest BCUT2D eigenvalue weighted by Gasteiger charge is 2.30. The molecule has 0 aromatic heterocycles. The molecule has 0 atom stereocenters. The summed E-state index contributed by atoms with van der Waals surface area (Å²) in [5, 5.41) is 2.58. The van der Waals surface area contributed by atoms with Crippen molar-refractivity contribution in [2.45, 2.75) is 6.18 Å². The molecule has 0 heterocycles. The summed E-state index contributed by atoms with van der Waals surface area (Å²) in [5.74, 6) is 0. The lowest BCUT2D eigenvalue weighted by Crippen LogP contribution is -2.06. The topological polar surface area (TPSA) is 38.0 Å². The van der Waals surface area contributed by atoms with Gasteiger partial charge in [-0.25, -0.2) is 0 Å². The number of nitrogen functional groups attached to an aromatic ring is 1. The molecule has 0 spiro atoms. The van der Waals surface area contributed by atoms with Crippen LogP contribution in [0.1, 0.15) is 5.56 Å². The van der Waals surface area contributed by atoms with E-state index >= 15 is 0 Å². The number of hydrogen-bond donors (Lipinski definition) is 2. The number of nitrogens with one attached hydrogen (secondary N) is 1. The number of hydrogen-bond acceptors (Lipinski definition) is 2. The molecule has 0 unspecified atom stereocenters. The van der Waals surface area contributed by atoms with E-state index in [1.54, 1.807) is 0 Å². The summed E-state index contributed by atoms with van der Waals surface area (Å²) in [5.41, 5.74) is 5.30. The molecule has 0 amide bonds. The van der Waals surface area contributed by atoms with Gasteiger partial charge in [0.05, 0.1) is 16.9 Å². The molecule has 0 fully saturated rings. The molecule has 1 rings (SSSR count). The Morgan fingerprint density at radius 3 is 2.38 bits per heavy atom. The Hall–Kier alpha value is -1.39. The predicted octanol–water partition coefficient (Wildman–Crippen LogP) is 2.33. The van der Waals surface area contributed by atoms with E-state index in [1.807, 2.05) is 0 Å². The minimum Gasteiger partial charge on any atom is -0.397 e. The van der Waals surface area contributed by atoms with Crippen molar-refractivity contribution in [3.05, 3.63) is 23.8 Å². The average molecular weight is 190 g/mol. The Bertz CT molecular complexity index is 307. The Morgan fingerprint density at radius 2 is 1.92 bits per heavy atom. The molecule has 1 aromatic carbocycles.